The van der Waals surface area contributed by atoms with E-state index in [1.807, 2.05) is 18.4 Å². The van der Waals surface area contributed by atoms with E-state index < -0.39 is 0 Å². The first-order valence-electron chi connectivity index (χ1n) is 8.86. The quantitative estimate of drug-likeness (QED) is 0.829. The zero-order chi connectivity index (χ0) is 17.1. The van der Waals surface area contributed by atoms with Crippen molar-refractivity contribution in [1.29, 1.82) is 0 Å². The summed E-state index contributed by atoms with van der Waals surface area (Å²) in [5.74, 6) is 1.85. The molecule has 0 aromatic carbocycles. The lowest BCUT2D eigenvalue weighted by Crippen LogP contribution is -2.44. The van der Waals surface area contributed by atoms with Gasteiger partial charge in [0.15, 0.2) is 0 Å². The number of hydrogen-bond donors (Lipinski definition) is 0. The molecule has 2 fully saturated rings. The number of aromatic nitrogens is 1. The predicted octanol–water partition coefficient (Wildman–Crippen LogP) is 2.78. The third-order valence-electron chi connectivity index (χ3n) is 5.57. The van der Waals surface area contributed by atoms with Crippen LogP contribution in [0.2, 0.25) is 0 Å². The molecule has 0 amide bonds. The molecule has 1 saturated carbocycles. The Labute approximate surface area is 150 Å². The summed E-state index contributed by atoms with van der Waals surface area (Å²) in [6.45, 7) is 6.24. The maximum absolute atomic E-state index is 12.5. The van der Waals surface area contributed by atoms with E-state index in [1.165, 1.54) is 22.6 Å². The van der Waals surface area contributed by atoms with Crippen LogP contribution >= 0.6 is 11.3 Å². The molecule has 1 aliphatic heterocycles. The molecule has 0 spiro atoms. The van der Waals surface area contributed by atoms with Gasteiger partial charge < -0.3 is 14.2 Å². The lowest BCUT2D eigenvalue weighted by molar-refractivity contribution is 0.180. The Morgan fingerprint density at radius 2 is 2.04 bits per heavy atom. The molecule has 2 aromatic heterocycles. The normalized spacial score (nSPS) is 25.4. The average molecular weight is 355 g/mol. The van der Waals surface area contributed by atoms with Crippen molar-refractivity contribution >= 4 is 17.4 Å². The largest absolute Gasteiger partial charge is 0.422 e. The Morgan fingerprint density at radius 1 is 1.24 bits per heavy atom. The number of hydrogen-bond acceptors (Lipinski definition) is 6. The fraction of sp³-hybridized carbons (Fsp3) is 0.474. The minimum atomic E-state index is -0.277. The molecule has 1 saturated heterocycles. The lowest BCUT2D eigenvalue weighted by atomic mass is 9.98. The van der Waals surface area contributed by atoms with Gasteiger partial charge in [0, 0.05) is 54.9 Å². The van der Waals surface area contributed by atoms with Crippen LogP contribution in [-0.2, 0) is 0 Å². The number of fused-ring (bicyclic) bond motifs is 3. The summed E-state index contributed by atoms with van der Waals surface area (Å²) in [6.07, 6.45) is 3.28. The van der Waals surface area contributed by atoms with Crippen LogP contribution in [0.15, 0.2) is 26.4 Å². The van der Waals surface area contributed by atoms with Crippen molar-refractivity contribution in [2.45, 2.75) is 19.3 Å². The van der Waals surface area contributed by atoms with Crippen molar-refractivity contribution in [3.63, 3.8) is 0 Å². The lowest BCUT2D eigenvalue weighted by Gasteiger charge is -2.36. The highest BCUT2D eigenvalue weighted by atomic mass is 32.1. The van der Waals surface area contributed by atoms with Crippen LogP contribution in [0.5, 0.6) is 0 Å². The van der Waals surface area contributed by atoms with Crippen molar-refractivity contribution in [3.8, 4) is 10.6 Å². The minimum Gasteiger partial charge on any atom is -0.422 e. The fourth-order valence-electron chi connectivity index (χ4n) is 4.03. The van der Waals surface area contributed by atoms with Crippen molar-refractivity contribution < 1.29 is 4.42 Å². The van der Waals surface area contributed by atoms with Crippen LogP contribution in [0.3, 0.4) is 0 Å². The highest BCUT2D eigenvalue weighted by Crippen LogP contribution is 2.57. The van der Waals surface area contributed by atoms with E-state index >= 15 is 0 Å². The third-order valence-corrected chi connectivity index (χ3v) is 6.57. The molecule has 0 radical (unpaired) electrons. The number of rotatable bonds is 2. The standard InChI is InChI=1S/C19H21N3O2S/c1-11-10-25-18(20-11)15-8-14-12-7-13(12)16(9-17(14)24-19(15)23)22-5-3-21(2)4-6-22/h8-10,12-13H,3-7H2,1-2H3. The van der Waals surface area contributed by atoms with Gasteiger partial charge >= 0.3 is 5.63 Å². The molecule has 5 nitrogen and oxygen atoms in total. The highest BCUT2D eigenvalue weighted by Gasteiger charge is 2.47. The predicted molar refractivity (Wildman–Crippen MR) is 98.7 cm³/mol. The summed E-state index contributed by atoms with van der Waals surface area (Å²) in [4.78, 5) is 21.8. The van der Waals surface area contributed by atoms with Gasteiger partial charge in [-0.3, -0.25) is 0 Å². The Kier molecular flexibility index (Phi) is 3.40. The Bertz CT molecular complexity index is 921. The molecule has 5 rings (SSSR count). The van der Waals surface area contributed by atoms with Crippen LogP contribution in [-0.4, -0.2) is 48.0 Å². The monoisotopic (exact) mass is 355 g/mol. The zero-order valence-electron chi connectivity index (χ0n) is 14.5. The van der Waals surface area contributed by atoms with Crippen LogP contribution in [0.25, 0.3) is 16.6 Å². The van der Waals surface area contributed by atoms with E-state index in [2.05, 4.69) is 27.9 Å². The zero-order valence-corrected chi connectivity index (χ0v) is 15.3. The summed E-state index contributed by atoms with van der Waals surface area (Å²) >= 11 is 1.51. The number of piperazine rings is 1. The molecule has 2 aliphatic carbocycles. The van der Waals surface area contributed by atoms with E-state index in [1.54, 1.807) is 0 Å². The number of nitrogens with zero attached hydrogens (tertiary/aromatic N) is 3. The number of aryl methyl sites for hydroxylation is 1. The van der Waals surface area contributed by atoms with E-state index in [9.17, 15) is 4.79 Å². The summed E-state index contributed by atoms with van der Waals surface area (Å²) in [5.41, 5.74) is 3.83. The molecule has 0 bridgehead atoms. The van der Waals surface area contributed by atoms with Crippen LogP contribution in [0.4, 0.5) is 0 Å². The number of allylic oxidation sites excluding steroid dienone is 1. The van der Waals surface area contributed by atoms with Gasteiger partial charge in [-0.2, -0.15) is 0 Å². The summed E-state index contributed by atoms with van der Waals surface area (Å²) < 4.78 is 5.73. The van der Waals surface area contributed by atoms with Gasteiger partial charge in [-0.05, 0) is 37.9 Å². The summed E-state index contributed by atoms with van der Waals surface area (Å²) in [5, 5.41) is 2.74. The highest BCUT2D eigenvalue weighted by molar-refractivity contribution is 7.13. The maximum atomic E-state index is 12.5. The van der Waals surface area contributed by atoms with Crippen molar-refractivity contribution in [3.05, 3.63) is 44.6 Å². The SMILES string of the molecule is Cc1csc(-c2cc3c(oc2=O)C=C(N2CCN(C)CC2)C2CC32)n1. The van der Waals surface area contributed by atoms with Gasteiger partial charge in [-0.25, -0.2) is 9.78 Å². The number of likely N-dealkylation sites (N-methyl/N-ethyl adjacent to an activating group) is 1. The first-order chi connectivity index (χ1) is 12.1. The second-order valence-corrected chi connectivity index (χ2v) is 8.23. The topological polar surface area (TPSA) is 49.6 Å². The van der Waals surface area contributed by atoms with E-state index in [0.717, 1.165) is 49.1 Å². The van der Waals surface area contributed by atoms with Gasteiger partial charge in [0.2, 0.25) is 0 Å². The summed E-state index contributed by atoms with van der Waals surface area (Å²) in [6, 6.07) is 2.03. The maximum Gasteiger partial charge on any atom is 0.346 e. The molecule has 3 aliphatic rings. The van der Waals surface area contributed by atoms with Crippen LogP contribution in [0, 0.1) is 12.8 Å². The first kappa shape index (κ1) is 15.3. The second kappa shape index (κ2) is 5.54. The van der Waals surface area contributed by atoms with Gasteiger partial charge in [0.25, 0.3) is 0 Å². The molecule has 0 N–H and O–H groups in total. The van der Waals surface area contributed by atoms with Crippen molar-refractivity contribution in [2.75, 3.05) is 33.2 Å². The molecule has 25 heavy (non-hydrogen) atoms. The van der Waals surface area contributed by atoms with Crippen molar-refractivity contribution in [2.24, 2.45) is 5.92 Å². The molecular formula is C19H21N3O2S. The fourth-order valence-corrected chi connectivity index (χ4v) is 4.83. The van der Waals surface area contributed by atoms with Crippen molar-refractivity contribution in [1.82, 2.24) is 14.8 Å². The van der Waals surface area contributed by atoms with Gasteiger partial charge in [-0.1, -0.05) is 0 Å². The van der Waals surface area contributed by atoms with E-state index in [0.29, 0.717) is 17.4 Å². The number of thiazole rings is 1. The van der Waals surface area contributed by atoms with Gasteiger partial charge in [0.05, 0.1) is 5.56 Å². The van der Waals surface area contributed by atoms with Gasteiger partial charge in [0.1, 0.15) is 10.8 Å². The van der Waals surface area contributed by atoms with Crippen LogP contribution in [0.1, 0.15) is 29.4 Å². The molecule has 2 atom stereocenters. The van der Waals surface area contributed by atoms with Gasteiger partial charge in [-0.15, -0.1) is 11.3 Å². The van der Waals surface area contributed by atoms with Crippen LogP contribution < -0.4 is 5.63 Å². The van der Waals surface area contributed by atoms with E-state index in [4.69, 9.17) is 4.42 Å². The second-order valence-electron chi connectivity index (χ2n) is 7.37. The Morgan fingerprint density at radius 3 is 2.76 bits per heavy atom. The Hall–Kier alpha value is -1.92. The molecule has 3 heterocycles. The van der Waals surface area contributed by atoms with E-state index in [-0.39, 0.29) is 5.63 Å². The molecular weight excluding hydrogens is 334 g/mol. The molecule has 6 heteroatoms. The average Bonchev–Trinajstić information content (AvgIpc) is 3.29. The summed E-state index contributed by atoms with van der Waals surface area (Å²) in [7, 11) is 2.17. The smallest absolute Gasteiger partial charge is 0.346 e. The Balaban J connectivity index is 1.53. The molecule has 130 valence electrons. The minimum absolute atomic E-state index is 0.277. The molecule has 2 aromatic rings. The first-order valence-corrected chi connectivity index (χ1v) is 9.74. The molecule has 2 unspecified atom stereocenters. The third kappa shape index (κ3) is 2.55.